The van der Waals surface area contributed by atoms with Gasteiger partial charge in [0.2, 0.25) is 0 Å². The standard InChI is InChI=1S/C19H19FN2OS/c1-23-17-5-3-2-4-16(17)18-12-22-19(24-18)13-21-11-10-14-6-8-15(20)9-7-14/h2-9,12,21H,10-11,13H2,1H3. The summed E-state index contributed by atoms with van der Waals surface area (Å²) in [5.74, 6) is 0.662. The second-order valence-corrected chi connectivity index (χ2v) is 6.49. The SMILES string of the molecule is COc1ccccc1-c1cnc(CNCCc2ccc(F)cc2)s1. The molecule has 5 heteroatoms. The quantitative estimate of drug-likeness (QED) is 0.651. The Balaban J connectivity index is 1.54. The van der Waals surface area contributed by atoms with Gasteiger partial charge in [0.25, 0.3) is 0 Å². The van der Waals surface area contributed by atoms with Crippen LogP contribution in [0.2, 0.25) is 0 Å². The fourth-order valence-corrected chi connectivity index (χ4v) is 3.36. The third-order valence-corrected chi connectivity index (χ3v) is 4.74. The number of rotatable bonds is 7. The van der Waals surface area contributed by atoms with Crippen molar-refractivity contribution in [2.45, 2.75) is 13.0 Å². The summed E-state index contributed by atoms with van der Waals surface area (Å²) >= 11 is 1.66. The summed E-state index contributed by atoms with van der Waals surface area (Å²) in [7, 11) is 1.68. The minimum Gasteiger partial charge on any atom is -0.496 e. The van der Waals surface area contributed by atoms with Gasteiger partial charge in [-0.2, -0.15) is 0 Å². The summed E-state index contributed by atoms with van der Waals surface area (Å²) < 4.78 is 18.3. The molecule has 0 radical (unpaired) electrons. The van der Waals surface area contributed by atoms with Gasteiger partial charge in [-0.05, 0) is 42.8 Å². The lowest BCUT2D eigenvalue weighted by Crippen LogP contribution is -2.16. The maximum Gasteiger partial charge on any atom is 0.127 e. The number of hydrogen-bond acceptors (Lipinski definition) is 4. The minimum absolute atomic E-state index is 0.196. The molecule has 3 nitrogen and oxygen atoms in total. The first-order chi connectivity index (χ1) is 11.8. The molecule has 0 aliphatic rings. The van der Waals surface area contributed by atoms with Crippen LogP contribution in [0.1, 0.15) is 10.6 Å². The third-order valence-electron chi connectivity index (χ3n) is 3.71. The zero-order valence-corrected chi connectivity index (χ0v) is 14.3. The first kappa shape index (κ1) is 16.6. The summed E-state index contributed by atoms with van der Waals surface area (Å²) in [4.78, 5) is 5.57. The van der Waals surface area contributed by atoms with E-state index in [0.29, 0.717) is 0 Å². The predicted molar refractivity (Wildman–Crippen MR) is 95.9 cm³/mol. The number of halogens is 1. The van der Waals surface area contributed by atoms with Gasteiger partial charge < -0.3 is 10.1 Å². The van der Waals surface area contributed by atoms with E-state index in [4.69, 9.17) is 4.74 Å². The third kappa shape index (κ3) is 4.19. The number of nitrogens with one attached hydrogen (secondary N) is 1. The van der Waals surface area contributed by atoms with Crippen LogP contribution in [0.4, 0.5) is 4.39 Å². The Bertz CT molecular complexity index is 786. The summed E-state index contributed by atoms with van der Waals surface area (Å²) in [6.07, 6.45) is 2.75. The van der Waals surface area contributed by atoms with E-state index in [1.54, 1.807) is 18.4 Å². The van der Waals surface area contributed by atoms with Gasteiger partial charge in [-0.3, -0.25) is 0 Å². The average Bonchev–Trinajstić information content (AvgIpc) is 3.09. The molecule has 3 aromatic rings. The van der Waals surface area contributed by atoms with Crippen LogP contribution < -0.4 is 10.1 Å². The van der Waals surface area contributed by atoms with Crippen molar-refractivity contribution in [1.29, 1.82) is 0 Å². The van der Waals surface area contributed by atoms with Crippen molar-refractivity contribution in [2.24, 2.45) is 0 Å². The van der Waals surface area contributed by atoms with Crippen LogP contribution in [0.25, 0.3) is 10.4 Å². The molecule has 0 aliphatic heterocycles. The number of methoxy groups -OCH3 is 1. The summed E-state index contributed by atoms with van der Waals surface area (Å²) in [5.41, 5.74) is 2.19. The van der Waals surface area contributed by atoms with Gasteiger partial charge in [-0.15, -0.1) is 11.3 Å². The Hall–Kier alpha value is -2.24. The number of hydrogen-bond donors (Lipinski definition) is 1. The van der Waals surface area contributed by atoms with Crippen molar-refractivity contribution in [3.63, 3.8) is 0 Å². The van der Waals surface area contributed by atoms with Crippen LogP contribution in [0.5, 0.6) is 5.75 Å². The zero-order valence-electron chi connectivity index (χ0n) is 13.5. The molecule has 0 amide bonds. The number of aromatic nitrogens is 1. The van der Waals surface area contributed by atoms with E-state index in [2.05, 4.69) is 10.3 Å². The van der Waals surface area contributed by atoms with Gasteiger partial charge in [0.15, 0.2) is 0 Å². The molecule has 0 saturated carbocycles. The predicted octanol–water partition coefficient (Wildman–Crippen LogP) is 4.29. The second kappa shape index (κ2) is 8.04. The lowest BCUT2D eigenvalue weighted by Gasteiger charge is -2.05. The van der Waals surface area contributed by atoms with E-state index in [1.165, 1.54) is 12.1 Å². The van der Waals surface area contributed by atoms with Crippen molar-refractivity contribution in [1.82, 2.24) is 10.3 Å². The number of nitrogens with zero attached hydrogens (tertiary/aromatic N) is 1. The molecule has 0 bridgehead atoms. The molecule has 3 rings (SSSR count). The van der Waals surface area contributed by atoms with Gasteiger partial charge in [-0.25, -0.2) is 9.37 Å². The summed E-state index contributed by atoms with van der Waals surface area (Å²) in [6, 6.07) is 14.6. The summed E-state index contributed by atoms with van der Waals surface area (Å²) in [5, 5.41) is 4.42. The highest BCUT2D eigenvalue weighted by molar-refractivity contribution is 7.15. The number of benzene rings is 2. The molecule has 1 aromatic heterocycles. The average molecular weight is 342 g/mol. The smallest absolute Gasteiger partial charge is 0.127 e. The molecule has 0 aliphatic carbocycles. The van der Waals surface area contributed by atoms with Gasteiger partial charge in [0, 0.05) is 18.3 Å². The highest BCUT2D eigenvalue weighted by Crippen LogP contribution is 2.33. The highest BCUT2D eigenvalue weighted by atomic mass is 32.1. The van der Waals surface area contributed by atoms with E-state index in [1.807, 2.05) is 42.6 Å². The van der Waals surface area contributed by atoms with Crippen molar-refractivity contribution >= 4 is 11.3 Å². The van der Waals surface area contributed by atoms with Crippen LogP contribution in [0, 0.1) is 5.82 Å². The molecule has 0 atom stereocenters. The van der Waals surface area contributed by atoms with E-state index >= 15 is 0 Å². The molecular formula is C19H19FN2OS. The van der Waals surface area contributed by atoms with E-state index in [0.717, 1.165) is 46.3 Å². The zero-order chi connectivity index (χ0) is 16.8. The first-order valence-electron chi connectivity index (χ1n) is 7.79. The minimum atomic E-state index is -0.196. The van der Waals surface area contributed by atoms with Crippen molar-refractivity contribution in [3.05, 3.63) is 71.1 Å². The molecule has 124 valence electrons. The first-order valence-corrected chi connectivity index (χ1v) is 8.61. The largest absolute Gasteiger partial charge is 0.496 e. The van der Waals surface area contributed by atoms with Crippen LogP contribution in [0.15, 0.2) is 54.7 Å². The normalized spacial score (nSPS) is 10.8. The van der Waals surface area contributed by atoms with Crippen molar-refractivity contribution in [3.8, 4) is 16.2 Å². The molecule has 0 fully saturated rings. The molecule has 24 heavy (non-hydrogen) atoms. The van der Waals surface area contributed by atoms with Gasteiger partial charge in [0.1, 0.15) is 16.6 Å². The lowest BCUT2D eigenvalue weighted by atomic mass is 10.1. The maximum atomic E-state index is 12.9. The van der Waals surface area contributed by atoms with Crippen LogP contribution in [-0.4, -0.2) is 18.6 Å². The fourth-order valence-electron chi connectivity index (χ4n) is 2.44. The lowest BCUT2D eigenvalue weighted by molar-refractivity contribution is 0.416. The van der Waals surface area contributed by atoms with Crippen molar-refractivity contribution in [2.75, 3.05) is 13.7 Å². The van der Waals surface area contributed by atoms with Crippen LogP contribution >= 0.6 is 11.3 Å². The number of ether oxygens (including phenoxy) is 1. The van der Waals surface area contributed by atoms with Crippen molar-refractivity contribution < 1.29 is 9.13 Å². The Morgan fingerprint density at radius 2 is 1.92 bits per heavy atom. The van der Waals surface area contributed by atoms with Gasteiger partial charge in [0.05, 0.1) is 12.0 Å². The van der Waals surface area contributed by atoms with E-state index in [9.17, 15) is 4.39 Å². The van der Waals surface area contributed by atoms with Gasteiger partial charge in [-0.1, -0.05) is 24.3 Å². The molecular weight excluding hydrogens is 323 g/mol. The Labute approximate surface area is 145 Å². The maximum absolute atomic E-state index is 12.9. The van der Waals surface area contributed by atoms with Gasteiger partial charge >= 0.3 is 0 Å². The molecule has 1 N–H and O–H groups in total. The Morgan fingerprint density at radius 1 is 1.12 bits per heavy atom. The van der Waals surface area contributed by atoms with Crippen LogP contribution in [-0.2, 0) is 13.0 Å². The molecule has 0 spiro atoms. The highest BCUT2D eigenvalue weighted by Gasteiger charge is 2.09. The number of thiazole rings is 1. The molecule has 1 heterocycles. The van der Waals surface area contributed by atoms with Crippen LogP contribution in [0.3, 0.4) is 0 Å². The Morgan fingerprint density at radius 3 is 2.71 bits per heavy atom. The summed E-state index contributed by atoms with van der Waals surface area (Å²) in [6.45, 7) is 1.55. The fraction of sp³-hybridized carbons (Fsp3) is 0.211. The monoisotopic (exact) mass is 342 g/mol. The van der Waals surface area contributed by atoms with E-state index in [-0.39, 0.29) is 5.82 Å². The second-order valence-electron chi connectivity index (χ2n) is 5.37. The van der Waals surface area contributed by atoms with E-state index < -0.39 is 0 Å². The number of para-hydroxylation sites is 1. The Kier molecular flexibility index (Phi) is 5.56. The topological polar surface area (TPSA) is 34.1 Å². The molecule has 0 saturated heterocycles. The molecule has 0 unspecified atom stereocenters. The molecule has 2 aromatic carbocycles.